The van der Waals surface area contributed by atoms with Crippen molar-refractivity contribution in [1.82, 2.24) is 0 Å². The second-order valence-electron chi connectivity index (χ2n) is 3.52. The van der Waals surface area contributed by atoms with E-state index < -0.39 is 5.72 Å². The van der Waals surface area contributed by atoms with Crippen LogP contribution in [-0.2, 0) is 5.72 Å². The van der Waals surface area contributed by atoms with Gasteiger partial charge in [0.15, 0.2) is 0 Å². The van der Waals surface area contributed by atoms with Crippen LogP contribution in [0.25, 0.3) is 0 Å². The molecule has 0 aromatic heterocycles. The molecule has 5 heteroatoms. The molecule has 86 valence electrons. The molecule has 4 nitrogen and oxygen atoms in total. The van der Waals surface area contributed by atoms with Crippen molar-refractivity contribution in [3.63, 3.8) is 0 Å². The van der Waals surface area contributed by atoms with Gasteiger partial charge in [0, 0.05) is 12.6 Å². The first-order valence-corrected chi connectivity index (χ1v) is 5.05. The normalized spacial score (nSPS) is 16.7. The van der Waals surface area contributed by atoms with Crippen LogP contribution in [0.2, 0.25) is 0 Å². The van der Waals surface area contributed by atoms with Crippen LogP contribution >= 0.6 is 0 Å². The molecule has 0 amide bonds. The van der Waals surface area contributed by atoms with Gasteiger partial charge in [0.1, 0.15) is 0 Å². The van der Waals surface area contributed by atoms with Crippen LogP contribution in [0.15, 0.2) is 45.6 Å². The molecule has 0 heterocycles. The van der Waals surface area contributed by atoms with E-state index in [-0.39, 0.29) is 35.6 Å². The van der Waals surface area contributed by atoms with Crippen molar-refractivity contribution in [1.29, 1.82) is 0 Å². The Hall–Kier alpha value is -0.550. The molecular formula is C12H16N3NaO. The Morgan fingerprint density at radius 2 is 1.94 bits per heavy atom. The number of benzene rings is 1. The topological polar surface area (TPSA) is 57.3 Å². The zero-order chi connectivity index (χ0) is 12.0. The van der Waals surface area contributed by atoms with E-state index in [0.29, 0.717) is 5.56 Å². The molecule has 0 aliphatic carbocycles. The van der Waals surface area contributed by atoms with Gasteiger partial charge in [0.25, 0.3) is 0 Å². The largest absolute Gasteiger partial charge is 1.00 e. The second-order valence-corrected chi connectivity index (χ2v) is 3.52. The Morgan fingerprint density at radius 3 is 2.41 bits per heavy atom. The quantitative estimate of drug-likeness (QED) is 0.319. The summed E-state index contributed by atoms with van der Waals surface area (Å²) in [6, 6.07) is 8.93. The fourth-order valence-electron chi connectivity index (χ4n) is 1.23. The maximum absolute atomic E-state index is 10.3. The summed E-state index contributed by atoms with van der Waals surface area (Å²) in [6.45, 7) is 5.54. The number of azo groups is 1. The van der Waals surface area contributed by atoms with E-state index in [1.54, 1.807) is 12.1 Å². The molecule has 0 radical (unpaired) electrons. The Kier molecular flexibility index (Phi) is 7.46. The van der Waals surface area contributed by atoms with Crippen molar-refractivity contribution >= 4 is 6.21 Å². The molecule has 2 atom stereocenters. The summed E-state index contributed by atoms with van der Waals surface area (Å²) in [5.74, 6) is 0. The smallest absolute Gasteiger partial charge is 0.360 e. The molecule has 0 spiro atoms. The van der Waals surface area contributed by atoms with Crippen LogP contribution in [0.3, 0.4) is 0 Å². The average Bonchev–Trinajstić information content (AvgIpc) is 2.28. The molecule has 2 unspecified atom stereocenters. The van der Waals surface area contributed by atoms with Crippen molar-refractivity contribution in [2.45, 2.75) is 18.7 Å². The van der Waals surface area contributed by atoms with Gasteiger partial charge in [-0.05, 0) is 0 Å². The molecule has 0 aliphatic heterocycles. The predicted octanol–water partition coefficient (Wildman–Crippen LogP) is -0.789. The fraction of sp³-hybridized carbons (Fsp3) is 0.333. The maximum atomic E-state index is 10.3. The Bertz CT molecular complexity index is 379. The maximum Gasteiger partial charge on any atom is 1.00 e. The summed E-state index contributed by atoms with van der Waals surface area (Å²) in [5, 5.41) is 17.7. The minimum atomic E-state index is -1.50. The van der Waals surface area contributed by atoms with E-state index in [1.807, 2.05) is 25.1 Å². The van der Waals surface area contributed by atoms with Gasteiger partial charge < -0.3 is 17.0 Å². The Morgan fingerprint density at radius 1 is 1.35 bits per heavy atom. The Labute approximate surface area is 124 Å². The van der Waals surface area contributed by atoms with E-state index in [9.17, 15) is 5.11 Å². The molecule has 0 saturated heterocycles. The first kappa shape index (κ1) is 16.4. The van der Waals surface area contributed by atoms with Crippen LogP contribution in [0.4, 0.5) is 0 Å². The van der Waals surface area contributed by atoms with Gasteiger partial charge in [-0.1, -0.05) is 43.3 Å². The van der Waals surface area contributed by atoms with Crippen molar-refractivity contribution in [2.75, 3.05) is 7.05 Å². The third kappa shape index (κ3) is 5.08. The summed E-state index contributed by atoms with van der Waals surface area (Å²) in [7, 11) is 1.51. The molecule has 1 rings (SSSR count). The van der Waals surface area contributed by atoms with Crippen molar-refractivity contribution < 1.29 is 34.7 Å². The first-order valence-electron chi connectivity index (χ1n) is 5.05. The molecule has 1 aromatic carbocycles. The van der Waals surface area contributed by atoms with Gasteiger partial charge in [0.2, 0.25) is 5.72 Å². The van der Waals surface area contributed by atoms with Crippen LogP contribution in [0.1, 0.15) is 12.5 Å². The summed E-state index contributed by atoms with van der Waals surface area (Å²) in [5.41, 5.74) is -0.868. The minimum absolute atomic E-state index is 0. The van der Waals surface area contributed by atoms with E-state index in [4.69, 9.17) is 0 Å². The number of hydrogen-bond donors (Lipinski definition) is 1. The molecule has 0 aliphatic rings. The number of aliphatic hydroxyl groups is 1. The van der Waals surface area contributed by atoms with Crippen LogP contribution in [0, 0.1) is 6.92 Å². The number of hydrogen-bond acceptors (Lipinski definition) is 4. The number of aliphatic imine (C=N–C) groups is 1. The van der Waals surface area contributed by atoms with Gasteiger partial charge >= 0.3 is 29.6 Å². The van der Waals surface area contributed by atoms with Gasteiger partial charge in [-0.2, -0.15) is 5.11 Å². The van der Waals surface area contributed by atoms with Gasteiger partial charge in [-0.3, -0.25) is 0 Å². The van der Waals surface area contributed by atoms with E-state index in [0.717, 1.165) is 0 Å². The molecule has 0 bridgehead atoms. The third-order valence-electron chi connectivity index (χ3n) is 1.96. The molecule has 1 aromatic rings. The number of rotatable bonds is 4. The molecule has 0 fully saturated rings. The van der Waals surface area contributed by atoms with Gasteiger partial charge in [-0.15, -0.1) is 5.11 Å². The molecule has 17 heavy (non-hydrogen) atoms. The monoisotopic (exact) mass is 241 g/mol. The van der Waals surface area contributed by atoms with E-state index in [2.05, 4.69) is 22.1 Å². The van der Waals surface area contributed by atoms with Crippen molar-refractivity contribution in [3.8, 4) is 0 Å². The van der Waals surface area contributed by atoms with Crippen molar-refractivity contribution in [3.05, 3.63) is 42.8 Å². The molecular weight excluding hydrogens is 225 g/mol. The Balaban J connectivity index is 0.00000256. The van der Waals surface area contributed by atoms with Crippen LogP contribution in [0.5, 0.6) is 0 Å². The van der Waals surface area contributed by atoms with E-state index >= 15 is 0 Å². The molecule has 0 saturated carbocycles. The summed E-state index contributed by atoms with van der Waals surface area (Å²) in [6.07, 6.45) is 1.37. The average molecular weight is 241 g/mol. The molecule has 1 N–H and O–H groups in total. The summed E-state index contributed by atoms with van der Waals surface area (Å²) >= 11 is 0. The van der Waals surface area contributed by atoms with Crippen molar-refractivity contribution in [2.24, 2.45) is 15.2 Å². The van der Waals surface area contributed by atoms with Gasteiger partial charge in [0.05, 0.1) is 6.21 Å². The second kappa shape index (κ2) is 7.71. The fourth-order valence-corrected chi connectivity index (χ4v) is 1.23. The van der Waals surface area contributed by atoms with Crippen LogP contribution < -0.4 is 29.6 Å². The summed E-state index contributed by atoms with van der Waals surface area (Å²) < 4.78 is 0. The minimum Gasteiger partial charge on any atom is -0.360 e. The van der Waals surface area contributed by atoms with Crippen LogP contribution in [-0.4, -0.2) is 24.4 Å². The third-order valence-corrected chi connectivity index (χ3v) is 1.96. The summed E-state index contributed by atoms with van der Waals surface area (Å²) in [4.78, 5) is 4.05. The van der Waals surface area contributed by atoms with E-state index in [1.165, 1.54) is 13.3 Å². The SMILES string of the molecule is [CH2-]C(C)N=CC(O)(N=NC)c1ccccc1.[Na+]. The number of nitrogens with zero attached hydrogens (tertiary/aromatic N) is 3. The zero-order valence-corrected chi connectivity index (χ0v) is 12.5. The van der Waals surface area contributed by atoms with Gasteiger partial charge in [-0.25, -0.2) is 0 Å². The first-order chi connectivity index (χ1) is 7.58. The zero-order valence-electron chi connectivity index (χ0n) is 10.5. The predicted molar refractivity (Wildman–Crippen MR) is 64.4 cm³/mol. The standard InChI is InChI=1S/C12H16N3O.Na/c1-10(2)14-9-12(16,15-13-3)11-7-5-4-6-8-11;/h4-10,16H,1H2,2-3H3;/q-1;+1.